The second kappa shape index (κ2) is 6.72. The standard InChI is InChI=1S/C16H28O4/c1-8-16(18-7)14(11(4)5)20-13(9-10(2)3)15(16)19-12(6)17/h8,10-11,13-15H,1,9H2,2-7H3/t13-,14+,15-,16+/m1/s1. The topological polar surface area (TPSA) is 44.8 Å². The predicted molar refractivity (Wildman–Crippen MR) is 78.4 cm³/mol. The van der Waals surface area contributed by atoms with E-state index in [1.807, 2.05) is 0 Å². The highest BCUT2D eigenvalue weighted by Crippen LogP contribution is 2.42. The maximum absolute atomic E-state index is 11.5. The molecule has 0 bridgehead atoms. The molecule has 0 aromatic carbocycles. The van der Waals surface area contributed by atoms with Crippen LogP contribution in [0.15, 0.2) is 12.7 Å². The lowest BCUT2D eigenvalue weighted by molar-refractivity contribution is -0.160. The number of hydrogen-bond acceptors (Lipinski definition) is 4. The normalized spacial score (nSPS) is 33.7. The molecule has 1 saturated heterocycles. The van der Waals surface area contributed by atoms with E-state index in [4.69, 9.17) is 14.2 Å². The van der Waals surface area contributed by atoms with E-state index in [1.165, 1.54) is 6.92 Å². The van der Waals surface area contributed by atoms with E-state index in [2.05, 4.69) is 34.3 Å². The molecule has 1 rings (SSSR count). The summed E-state index contributed by atoms with van der Waals surface area (Å²) in [7, 11) is 1.62. The summed E-state index contributed by atoms with van der Waals surface area (Å²) in [5.74, 6) is 0.367. The van der Waals surface area contributed by atoms with Gasteiger partial charge in [-0.1, -0.05) is 40.3 Å². The van der Waals surface area contributed by atoms with E-state index in [1.54, 1.807) is 13.2 Å². The predicted octanol–water partition coefficient (Wildman–Crippen LogP) is 2.96. The van der Waals surface area contributed by atoms with E-state index in [-0.39, 0.29) is 24.1 Å². The molecule has 4 nitrogen and oxygen atoms in total. The van der Waals surface area contributed by atoms with Crippen molar-refractivity contribution in [2.45, 2.75) is 65.0 Å². The van der Waals surface area contributed by atoms with Crippen LogP contribution in [-0.2, 0) is 19.0 Å². The minimum atomic E-state index is -0.778. The first-order valence-electron chi connectivity index (χ1n) is 7.29. The number of esters is 1. The van der Waals surface area contributed by atoms with Crippen molar-refractivity contribution in [2.75, 3.05) is 7.11 Å². The molecule has 0 unspecified atom stereocenters. The van der Waals surface area contributed by atoms with E-state index < -0.39 is 11.7 Å². The van der Waals surface area contributed by atoms with Crippen LogP contribution in [0.1, 0.15) is 41.0 Å². The van der Waals surface area contributed by atoms with Gasteiger partial charge in [0.05, 0.1) is 12.2 Å². The highest BCUT2D eigenvalue weighted by molar-refractivity contribution is 5.66. The molecule has 20 heavy (non-hydrogen) atoms. The molecule has 116 valence electrons. The van der Waals surface area contributed by atoms with Crippen LogP contribution in [0.3, 0.4) is 0 Å². The lowest BCUT2D eigenvalue weighted by atomic mass is 9.83. The molecule has 1 heterocycles. The maximum Gasteiger partial charge on any atom is 0.303 e. The average molecular weight is 284 g/mol. The van der Waals surface area contributed by atoms with Crippen molar-refractivity contribution >= 4 is 5.97 Å². The van der Waals surface area contributed by atoms with Gasteiger partial charge in [-0.2, -0.15) is 0 Å². The molecular formula is C16H28O4. The summed E-state index contributed by atoms with van der Waals surface area (Å²) in [6, 6.07) is 0. The van der Waals surface area contributed by atoms with E-state index in [0.29, 0.717) is 5.92 Å². The number of carbonyl (C=O) groups excluding carboxylic acids is 1. The summed E-state index contributed by atoms with van der Waals surface area (Å²) in [4.78, 5) is 11.5. The second-order valence-corrected chi connectivity index (χ2v) is 6.26. The molecule has 0 saturated carbocycles. The Morgan fingerprint density at radius 2 is 2.00 bits per heavy atom. The summed E-state index contributed by atoms with van der Waals surface area (Å²) < 4.78 is 17.4. The van der Waals surface area contributed by atoms with E-state index in [9.17, 15) is 4.79 Å². The van der Waals surface area contributed by atoms with Crippen molar-refractivity contribution in [1.29, 1.82) is 0 Å². The van der Waals surface area contributed by atoms with Gasteiger partial charge in [-0.25, -0.2) is 0 Å². The van der Waals surface area contributed by atoms with Crippen molar-refractivity contribution < 1.29 is 19.0 Å². The largest absolute Gasteiger partial charge is 0.456 e. The summed E-state index contributed by atoms with van der Waals surface area (Å²) >= 11 is 0. The first-order chi connectivity index (χ1) is 9.28. The van der Waals surface area contributed by atoms with Crippen molar-refractivity contribution in [2.24, 2.45) is 11.8 Å². The molecule has 4 heteroatoms. The Bertz CT molecular complexity index is 350. The zero-order valence-corrected chi connectivity index (χ0v) is 13.5. The van der Waals surface area contributed by atoms with Crippen molar-refractivity contribution in [1.82, 2.24) is 0 Å². The van der Waals surface area contributed by atoms with E-state index >= 15 is 0 Å². The van der Waals surface area contributed by atoms with Gasteiger partial charge in [-0.3, -0.25) is 4.79 Å². The van der Waals surface area contributed by atoms with Gasteiger partial charge in [-0.15, -0.1) is 0 Å². The Balaban J connectivity index is 3.16. The van der Waals surface area contributed by atoms with Crippen LogP contribution in [0, 0.1) is 11.8 Å². The van der Waals surface area contributed by atoms with Gasteiger partial charge >= 0.3 is 5.97 Å². The number of rotatable bonds is 6. The molecule has 0 N–H and O–H groups in total. The Kier molecular flexibility index (Phi) is 5.78. The lowest BCUT2D eigenvalue weighted by Gasteiger charge is -2.35. The first-order valence-corrected chi connectivity index (χ1v) is 7.29. The van der Waals surface area contributed by atoms with Crippen LogP contribution in [0.4, 0.5) is 0 Å². The fraction of sp³-hybridized carbons (Fsp3) is 0.812. The quantitative estimate of drug-likeness (QED) is 0.555. The Labute approximate surface area is 122 Å². The highest BCUT2D eigenvalue weighted by atomic mass is 16.6. The SMILES string of the molecule is C=C[C@@]1(OC)[C@H](OC(C)=O)[C@@H](CC(C)C)O[C@H]1C(C)C. The molecule has 4 atom stereocenters. The average Bonchev–Trinajstić information content (AvgIpc) is 2.63. The molecule has 0 radical (unpaired) electrons. The highest BCUT2D eigenvalue weighted by Gasteiger charge is 2.58. The van der Waals surface area contributed by atoms with Crippen molar-refractivity contribution in [3.8, 4) is 0 Å². The minimum absolute atomic E-state index is 0.163. The molecule has 1 fully saturated rings. The van der Waals surface area contributed by atoms with Gasteiger partial charge in [0, 0.05) is 14.0 Å². The Morgan fingerprint density at radius 3 is 2.35 bits per heavy atom. The summed E-state index contributed by atoms with van der Waals surface area (Å²) in [6.07, 6.45) is 1.77. The number of carbonyl (C=O) groups is 1. The lowest BCUT2D eigenvalue weighted by Crippen LogP contribution is -2.51. The van der Waals surface area contributed by atoms with Crippen LogP contribution in [0.25, 0.3) is 0 Å². The minimum Gasteiger partial charge on any atom is -0.456 e. The zero-order chi connectivity index (χ0) is 15.5. The molecular weight excluding hydrogens is 256 g/mol. The molecule has 0 aromatic heterocycles. The monoisotopic (exact) mass is 284 g/mol. The summed E-state index contributed by atoms with van der Waals surface area (Å²) in [5, 5.41) is 0. The first kappa shape index (κ1) is 17.2. The van der Waals surface area contributed by atoms with E-state index in [0.717, 1.165) is 6.42 Å². The van der Waals surface area contributed by atoms with Crippen LogP contribution < -0.4 is 0 Å². The van der Waals surface area contributed by atoms with Gasteiger partial charge in [0.2, 0.25) is 0 Å². The van der Waals surface area contributed by atoms with Crippen LogP contribution in [0.2, 0.25) is 0 Å². The molecule has 0 amide bonds. The molecule has 1 aliphatic heterocycles. The fourth-order valence-corrected chi connectivity index (χ4v) is 3.04. The molecule has 0 aromatic rings. The smallest absolute Gasteiger partial charge is 0.303 e. The fourth-order valence-electron chi connectivity index (χ4n) is 3.04. The third kappa shape index (κ3) is 3.23. The number of hydrogen-bond donors (Lipinski definition) is 0. The summed E-state index contributed by atoms with van der Waals surface area (Å²) in [6.45, 7) is 13.7. The maximum atomic E-state index is 11.5. The van der Waals surface area contributed by atoms with Crippen LogP contribution in [-0.4, -0.2) is 37.0 Å². The van der Waals surface area contributed by atoms with Crippen LogP contribution in [0.5, 0.6) is 0 Å². The van der Waals surface area contributed by atoms with Gasteiger partial charge in [0.25, 0.3) is 0 Å². The Hall–Kier alpha value is -0.870. The number of methoxy groups -OCH3 is 1. The molecule has 0 spiro atoms. The summed E-state index contributed by atoms with van der Waals surface area (Å²) in [5.41, 5.74) is -0.778. The van der Waals surface area contributed by atoms with Gasteiger partial charge < -0.3 is 14.2 Å². The van der Waals surface area contributed by atoms with Gasteiger partial charge in [-0.05, 0) is 18.3 Å². The zero-order valence-electron chi connectivity index (χ0n) is 13.5. The third-order valence-corrected chi connectivity index (χ3v) is 3.82. The third-order valence-electron chi connectivity index (χ3n) is 3.82. The number of ether oxygens (including phenoxy) is 3. The van der Waals surface area contributed by atoms with Crippen LogP contribution >= 0.6 is 0 Å². The van der Waals surface area contributed by atoms with Crippen molar-refractivity contribution in [3.05, 3.63) is 12.7 Å². The van der Waals surface area contributed by atoms with Crippen molar-refractivity contribution in [3.63, 3.8) is 0 Å². The second-order valence-electron chi connectivity index (χ2n) is 6.26. The Morgan fingerprint density at radius 1 is 1.40 bits per heavy atom. The van der Waals surface area contributed by atoms with Gasteiger partial charge in [0.1, 0.15) is 0 Å². The molecule has 1 aliphatic rings. The van der Waals surface area contributed by atoms with Gasteiger partial charge in [0.15, 0.2) is 11.7 Å². The molecule has 0 aliphatic carbocycles.